The van der Waals surface area contributed by atoms with Crippen molar-refractivity contribution in [3.8, 4) is 11.5 Å². The normalized spacial score (nSPS) is 15.2. The Morgan fingerprint density at radius 3 is 2.24 bits per heavy atom. The zero-order valence-electron chi connectivity index (χ0n) is 22.4. The van der Waals surface area contributed by atoms with Crippen LogP contribution < -0.4 is 19.7 Å². The number of piperazine rings is 1. The van der Waals surface area contributed by atoms with Gasteiger partial charge in [-0.1, -0.05) is 11.6 Å². The van der Waals surface area contributed by atoms with Gasteiger partial charge in [0.15, 0.2) is 21.3 Å². The van der Waals surface area contributed by atoms with E-state index in [4.69, 9.17) is 25.8 Å². The van der Waals surface area contributed by atoms with E-state index in [0.717, 1.165) is 11.3 Å². The number of nitrogens with one attached hydrogen (secondary N) is 1. The lowest BCUT2D eigenvalue weighted by Gasteiger charge is -2.37. The van der Waals surface area contributed by atoms with E-state index in [2.05, 4.69) is 10.2 Å². The van der Waals surface area contributed by atoms with Crippen molar-refractivity contribution in [3.05, 3.63) is 40.9 Å². The number of carbonyl (C=O) groups is 1. The topological polar surface area (TPSA) is 97.4 Å². The highest BCUT2D eigenvalue weighted by atomic mass is 35.5. The molecule has 1 saturated heterocycles. The fraction of sp³-hybridized carbons (Fsp3) is 0.500. The van der Waals surface area contributed by atoms with E-state index in [0.29, 0.717) is 48.4 Å². The maximum absolute atomic E-state index is 12.6. The highest BCUT2D eigenvalue weighted by Crippen LogP contribution is 2.40. The minimum absolute atomic E-state index is 0.184. The quantitative estimate of drug-likeness (QED) is 0.512. The zero-order valence-corrected chi connectivity index (χ0v) is 24.0. The first kappa shape index (κ1) is 28.7. The van der Waals surface area contributed by atoms with Gasteiger partial charge in [0, 0.05) is 54.8 Å². The van der Waals surface area contributed by atoms with E-state index in [1.807, 2.05) is 33.8 Å². The number of ether oxygens (including phenoxy) is 3. The van der Waals surface area contributed by atoms with E-state index in [-0.39, 0.29) is 17.0 Å². The van der Waals surface area contributed by atoms with Crippen LogP contribution in [0, 0.1) is 0 Å². The van der Waals surface area contributed by atoms with Gasteiger partial charge in [0.05, 0.1) is 30.8 Å². The van der Waals surface area contributed by atoms with Crippen molar-refractivity contribution in [2.45, 2.75) is 44.2 Å². The second-order valence-corrected chi connectivity index (χ2v) is 12.4. The highest BCUT2D eigenvalue weighted by molar-refractivity contribution is 7.90. The molecule has 37 heavy (non-hydrogen) atoms. The number of hydrogen-bond donors (Lipinski definition) is 1. The Morgan fingerprint density at radius 2 is 1.70 bits per heavy atom. The molecule has 1 aliphatic heterocycles. The molecule has 1 N–H and O–H groups in total. The van der Waals surface area contributed by atoms with Gasteiger partial charge in [0.25, 0.3) is 0 Å². The fourth-order valence-corrected chi connectivity index (χ4v) is 5.27. The molecular formula is C26H36ClN3O6S. The van der Waals surface area contributed by atoms with E-state index >= 15 is 0 Å². The molecule has 1 fully saturated rings. The largest absolute Gasteiger partial charge is 0.493 e. The van der Waals surface area contributed by atoms with Gasteiger partial charge in [0.1, 0.15) is 5.60 Å². The molecule has 9 nitrogen and oxygen atoms in total. The van der Waals surface area contributed by atoms with Crippen molar-refractivity contribution in [2.24, 2.45) is 0 Å². The van der Waals surface area contributed by atoms with Crippen LogP contribution in [-0.4, -0.2) is 71.7 Å². The second-order valence-electron chi connectivity index (χ2n) is 10.0. The molecule has 204 valence electrons. The van der Waals surface area contributed by atoms with Crippen LogP contribution in [0.1, 0.15) is 39.3 Å². The molecule has 0 saturated carbocycles. The minimum Gasteiger partial charge on any atom is -0.493 e. The van der Waals surface area contributed by atoms with Gasteiger partial charge in [-0.2, -0.15) is 0 Å². The predicted octanol–water partition coefficient (Wildman–Crippen LogP) is 4.99. The molecule has 0 aliphatic carbocycles. The summed E-state index contributed by atoms with van der Waals surface area (Å²) in [4.78, 5) is 16.4. The van der Waals surface area contributed by atoms with Crippen molar-refractivity contribution in [1.82, 2.24) is 4.90 Å². The summed E-state index contributed by atoms with van der Waals surface area (Å²) in [5.41, 5.74) is 1.48. The van der Waals surface area contributed by atoms with Crippen molar-refractivity contribution in [1.29, 1.82) is 0 Å². The lowest BCUT2D eigenvalue weighted by molar-refractivity contribution is 0.0240. The molecule has 1 amide bonds. The van der Waals surface area contributed by atoms with Crippen molar-refractivity contribution in [3.63, 3.8) is 0 Å². The number of hydrogen-bond acceptors (Lipinski definition) is 8. The summed E-state index contributed by atoms with van der Waals surface area (Å²) < 4.78 is 41.6. The van der Waals surface area contributed by atoms with E-state index in [1.165, 1.54) is 13.4 Å². The number of carbonyl (C=O) groups excluding carboxylic acids is 1. The SMILES string of the molecule is COc1cc(Cl)cc(C(C)Nc2cc(N3CCN(C(=O)OC(C)(C)C)CC3)ccc2S(C)(=O)=O)c1OC. The first-order chi connectivity index (χ1) is 17.2. The Hall–Kier alpha value is -2.85. The van der Waals surface area contributed by atoms with Gasteiger partial charge in [-0.25, -0.2) is 13.2 Å². The molecule has 0 radical (unpaired) electrons. The maximum atomic E-state index is 12.6. The third kappa shape index (κ3) is 7.13. The van der Waals surface area contributed by atoms with Crippen LogP contribution >= 0.6 is 11.6 Å². The summed E-state index contributed by atoms with van der Waals surface area (Å²) >= 11 is 6.30. The van der Waals surface area contributed by atoms with Crippen molar-refractivity contribution >= 4 is 38.9 Å². The highest BCUT2D eigenvalue weighted by Gasteiger charge is 2.27. The van der Waals surface area contributed by atoms with Gasteiger partial charge in [-0.05, 0) is 52.0 Å². The molecular weight excluding hydrogens is 518 g/mol. The number of rotatable bonds is 7. The monoisotopic (exact) mass is 553 g/mol. The standard InChI is InChI=1S/C26H36ClN3O6S/c1-17(20-14-18(27)15-22(34-5)24(20)35-6)28-21-16-19(8-9-23(21)37(7,32)33)29-10-12-30(13-11-29)25(31)36-26(2,3)4/h8-9,14-17,28H,10-13H2,1-7H3. The summed E-state index contributed by atoms with van der Waals surface area (Å²) in [6.45, 7) is 9.60. The van der Waals surface area contributed by atoms with Crippen molar-refractivity contribution < 1.29 is 27.4 Å². The first-order valence-corrected chi connectivity index (χ1v) is 14.3. The molecule has 0 bridgehead atoms. The van der Waals surface area contributed by atoms with Gasteiger partial charge in [-0.3, -0.25) is 0 Å². The van der Waals surface area contributed by atoms with Gasteiger partial charge >= 0.3 is 6.09 Å². The molecule has 1 heterocycles. The Kier molecular flexibility index (Phi) is 8.74. The Morgan fingerprint density at radius 1 is 1.05 bits per heavy atom. The van der Waals surface area contributed by atoms with Crippen LogP contribution in [0.15, 0.2) is 35.2 Å². The number of benzene rings is 2. The lowest BCUT2D eigenvalue weighted by atomic mass is 10.1. The predicted molar refractivity (Wildman–Crippen MR) is 146 cm³/mol. The maximum Gasteiger partial charge on any atom is 0.410 e. The number of methoxy groups -OCH3 is 2. The summed E-state index contributed by atoms with van der Waals surface area (Å²) in [5.74, 6) is 1.00. The Bertz CT molecular complexity index is 1240. The smallest absolute Gasteiger partial charge is 0.410 e. The summed E-state index contributed by atoms with van der Waals surface area (Å²) in [6, 6.07) is 8.29. The molecule has 1 atom stereocenters. The molecule has 1 unspecified atom stereocenters. The first-order valence-electron chi connectivity index (χ1n) is 12.0. The lowest BCUT2D eigenvalue weighted by Crippen LogP contribution is -2.50. The molecule has 11 heteroatoms. The van der Waals surface area contributed by atoms with Crippen LogP contribution in [0.2, 0.25) is 5.02 Å². The van der Waals surface area contributed by atoms with Crippen molar-refractivity contribution in [2.75, 3.05) is 56.9 Å². The summed E-state index contributed by atoms with van der Waals surface area (Å²) in [7, 11) is -0.441. The second kappa shape index (κ2) is 11.3. The van der Waals surface area contributed by atoms with Gasteiger partial charge in [0.2, 0.25) is 0 Å². The molecule has 2 aromatic rings. The van der Waals surface area contributed by atoms with E-state index in [9.17, 15) is 13.2 Å². The van der Waals surface area contributed by atoms with E-state index < -0.39 is 15.4 Å². The Labute approximate surface area is 224 Å². The fourth-order valence-electron chi connectivity index (χ4n) is 4.22. The molecule has 3 rings (SSSR count). The number of sulfone groups is 1. The van der Waals surface area contributed by atoms with Gasteiger partial charge in [-0.15, -0.1) is 0 Å². The number of nitrogens with zero attached hydrogens (tertiary/aromatic N) is 2. The number of anilines is 2. The number of halogens is 1. The minimum atomic E-state index is -3.52. The number of amides is 1. The summed E-state index contributed by atoms with van der Waals surface area (Å²) in [5, 5.41) is 3.81. The average molecular weight is 554 g/mol. The zero-order chi connectivity index (χ0) is 27.5. The van der Waals surface area contributed by atoms with Crippen LogP contribution in [0.5, 0.6) is 11.5 Å². The van der Waals surface area contributed by atoms with Crippen LogP contribution in [0.3, 0.4) is 0 Å². The van der Waals surface area contributed by atoms with Crippen LogP contribution in [0.25, 0.3) is 0 Å². The molecule has 0 aromatic heterocycles. The molecule has 2 aromatic carbocycles. The molecule has 1 aliphatic rings. The van der Waals surface area contributed by atoms with Crippen LogP contribution in [0.4, 0.5) is 16.2 Å². The summed E-state index contributed by atoms with van der Waals surface area (Å²) in [6.07, 6.45) is 0.849. The average Bonchev–Trinajstić information content (AvgIpc) is 2.81. The molecule has 0 spiro atoms. The van der Waals surface area contributed by atoms with Crippen LogP contribution in [-0.2, 0) is 14.6 Å². The van der Waals surface area contributed by atoms with Gasteiger partial charge < -0.3 is 29.3 Å². The third-order valence-corrected chi connectivity index (χ3v) is 7.34. The van der Waals surface area contributed by atoms with E-state index in [1.54, 1.807) is 36.3 Å². The Balaban J connectivity index is 1.87. The third-order valence-electron chi connectivity index (χ3n) is 5.97.